The third-order valence-electron chi connectivity index (χ3n) is 4.18. The van der Waals surface area contributed by atoms with E-state index in [9.17, 15) is 0 Å². The molecule has 5 heteroatoms. The Morgan fingerprint density at radius 1 is 1.04 bits per heavy atom. The summed E-state index contributed by atoms with van der Waals surface area (Å²) in [6.45, 7) is 7.21. The smallest absolute Gasteiger partial charge is 0.0541 e. The molecule has 2 aromatic rings. The number of hydrogen-bond acceptors (Lipinski definition) is 4. The van der Waals surface area contributed by atoms with Crippen LogP contribution in [0, 0.1) is 0 Å². The second-order valence-corrected chi connectivity index (χ2v) is 6.24. The van der Waals surface area contributed by atoms with Gasteiger partial charge in [-0.2, -0.15) is 0 Å². The van der Waals surface area contributed by atoms with Gasteiger partial charge in [-0.1, -0.05) is 23.7 Å². The van der Waals surface area contributed by atoms with Crippen LogP contribution in [0.3, 0.4) is 0 Å². The third-order valence-corrected chi connectivity index (χ3v) is 4.42. The molecule has 0 bridgehead atoms. The molecule has 0 spiro atoms. The zero-order valence-electron chi connectivity index (χ0n) is 13.3. The molecule has 1 aromatic heterocycles. The monoisotopic (exact) mass is 330 g/mol. The lowest BCUT2D eigenvalue weighted by molar-refractivity contribution is 0.257. The molecular weight excluding hydrogens is 308 g/mol. The lowest BCUT2D eigenvalue weighted by atomic mass is 10.2. The Morgan fingerprint density at radius 3 is 2.65 bits per heavy atom. The first-order chi connectivity index (χ1) is 11.3. The molecule has 0 aliphatic carbocycles. The number of anilines is 1. The molecule has 1 aromatic carbocycles. The number of nitrogens with one attached hydrogen (secondary N) is 1. The topological polar surface area (TPSA) is 31.4 Å². The van der Waals surface area contributed by atoms with Crippen LogP contribution < -0.4 is 10.2 Å². The average Bonchev–Trinajstić information content (AvgIpc) is 2.60. The van der Waals surface area contributed by atoms with Gasteiger partial charge in [0.05, 0.1) is 5.69 Å². The highest BCUT2D eigenvalue weighted by molar-refractivity contribution is 6.30. The van der Waals surface area contributed by atoms with E-state index in [1.165, 1.54) is 5.69 Å². The molecule has 3 rings (SSSR count). The molecule has 1 N–H and O–H groups in total. The zero-order valence-corrected chi connectivity index (χ0v) is 14.0. The molecule has 122 valence electrons. The number of pyridine rings is 1. The molecule has 2 heterocycles. The largest absolute Gasteiger partial charge is 0.369 e. The second-order valence-electron chi connectivity index (χ2n) is 5.81. The van der Waals surface area contributed by atoms with Crippen LogP contribution in [0.5, 0.6) is 0 Å². The van der Waals surface area contributed by atoms with Crippen LogP contribution in [0.15, 0.2) is 48.7 Å². The summed E-state index contributed by atoms with van der Waals surface area (Å²) in [7, 11) is 0. The van der Waals surface area contributed by atoms with Gasteiger partial charge in [-0.15, -0.1) is 0 Å². The molecule has 0 saturated carbocycles. The van der Waals surface area contributed by atoms with Crippen LogP contribution in [-0.2, 0) is 6.54 Å². The summed E-state index contributed by atoms with van der Waals surface area (Å²) in [6.07, 6.45) is 1.84. The average molecular weight is 331 g/mol. The third kappa shape index (κ3) is 4.93. The number of rotatable bonds is 6. The van der Waals surface area contributed by atoms with Crippen molar-refractivity contribution in [3.8, 4) is 0 Å². The van der Waals surface area contributed by atoms with Crippen LogP contribution in [0.2, 0.25) is 5.02 Å². The number of piperazine rings is 1. The molecule has 1 fully saturated rings. The SMILES string of the molecule is Clc1cccc(N2CCN(CCNCc3ccccn3)CC2)c1. The van der Waals surface area contributed by atoms with Gasteiger partial charge in [0.15, 0.2) is 0 Å². The van der Waals surface area contributed by atoms with E-state index in [1.54, 1.807) is 0 Å². The van der Waals surface area contributed by atoms with E-state index in [4.69, 9.17) is 11.6 Å². The lowest BCUT2D eigenvalue weighted by Crippen LogP contribution is -2.48. The summed E-state index contributed by atoms with van der Waals surface area (Å²) in [5, 5.41) is 4.27. The zero-order chi connectivity index (χ0) is 15.9. The predicted octanol–water partition coefficient (Wildman–Crippen LogP) is 2.65. The summed E-state index contributed by atoms with van der Waals surface area (Å²) in [4.78, 5) is 9.23. The van der Waals surface area contributed by atoms with Crippen LogP contribution in [0.25, 0.3) is 0 Å². The van der Waals surface area contributed by atoms with Gasteiger partial charge in [-0.05, 0) is 30.3 Å². The fraction of sp³-hybridized carbons (Fsp3) is 0.389. The first kappa shape index (κ1) is 16.2. The van der Waals surface area contributed by atoms with Crippen LogP contribution in [0.4, 0.5) is 5.69 Å². The van der Waals surface area contributed by atoms with Gasteiger partial charge in [-0.25, -0.2) is 0 Å². The van der Waals surface area contributed by atoms with Gasteiger partial charge < -0.3 is 10.2 Å². The molecule has 4 nitrogen and oxygen atoms in total. The van der Waals surface area contributed by atoms with Gasteiger partial charge in [0.25, 0.3) is 0 Å². The maximum absolute atomic E-state index is 6.08. The highest BCUT2D eigenvalue weighted by atomic mass is 35.5. The maximum atomic E-state index is 6.08. The Hall–Kier alpha value is -1.62. The summed E-state index contributed by atoms with van der Waals surface area (Å²) in [6, 6.07) is 14.2. The molecule has 1 aliphatic heterocycles. The van der Waals surface area contributed by atoms with E-state index in [0.717, 1.165) is 56.5 Å². The minimum atomic E-state index is 0.809. The summed E-state index contributed by atoms with van der Waals surface area (Å²) < 4.78 is 0. The van der Waals surface area contributed by atoms with Crippen molar-refractivity contribution in [2.45, 2.75) is 6.54 Å². The number of hydrogen-bond donors (Lipinski definition) is 1. The fourth-order valence-electron chi connectivity index (χ4n) is 2.86. The van der Waals surface area contributed by atoms with Crippen molar-refractivity contribution in [3.05, 3.63) is 59.4 Å². The minimum Gasteiger partial charge on any atom is -0.369 e. The Labute approximate surface area is 143 Å². The van der Waals surface area contributed by atoms with Crippen LogP contribution >= 0.6 is 11.6 Å². The normalized spacial score (nSPS) is 15.8. The highest BCUT2D eigenvalue weighted by Crippen LogP contribution is 2.20. The number of halogens is 1. The van der Waals surface area contributed by atoms with Gasteiger partial charge in [0.2, 0.25) is 0 Å². The number of aromatic nitrogens is 1. The summed E-state index contributed by atoms with van der Waals surface area (Å²) >= 11 is 6.08. The molecule has 0 unspecified atom stereocenters. The maximum Gasteiger partial charge on any atom is 0.0541 e. The van der Waals surface area contributed by atoms with Crippen molar-refractivity contribution < 1.29 is 0 Å². The van der Waals surface area contributed by atoms with Crippen molar-refractivity contribution >= 4 is 17.3 Å². The Morgan fingerprint density at radius 2 is 1.91 bits per heavy atom. The first-order valence-electron chi connectivity index (χ1n) is 8.15. The van der Waals surface area contributed by atoms with Crippen molar-refractivity contribution in [2.24, 2.45) is 0 Å². The van der Waals surface area contributed by atoms with Crippen LogP contribution in [0.1, 0.15) is 5.69 Å². The van der Waals surface area contributed by atoms with Crippen LogP contribution in [-0.4, -0.2) is 49.2 Å². The van der Waals surface area contributed by atoms with Gasteiger partial charge >= 0.3 is 0 Å². The molecule has 1 aliphatic rings. The molecule has 0 amide bonds. The van der Waals surface area contributed by atoms with E-state index in [0.29, 0.717) is 0 Å². The van der Waals surface area contributed by atoms with E-state index in [1.807, 2.05) is 36.5 Å². The number of nitrogens with zero attached hydrogens (tertiary/aromatic N) is 3. The standard InChI is InChI=1S/C18H23ClN4/c19-16-4-3-6-18(14-16)23-12-10-22(11-13-23)9-8-20-15-17-5-1-2-7-21-17/h1-7,14,20H,8-13,15H2. The molecule has 0 radical (unpaired) electrons. The van der Waals surface area contributed by atoms with E-state index >= 15 is 0 Å². The second kappa shape index (κ2) is 8.29. The molecular formula is C18H23ClN4. The van der Waals surface area contributed by atoms with E-state index < -0.39 is 0 Å². The summed E-state index contributed by atoms with van der Waals surface area (Å²) in [5.41, 5.74) is 2.32. The van der Waals surface area contributed by atoms with Crippen molar-refractivity contribution in [3.63, 3.8) is 0 Å². The lowest BCUT2D eigenvalue weighted by Gasteiger charge is -2.36. The van der Waals surface area contributed by atoms with Gasteiger partial charge in [0, 0.05) is 62.7 Å². The predicted molar refractivity (Wildman–Crippen MR) is 96.0 cm³/mol. The first-order valence-corrected chi connectivity index (χ1v) is 8.52. The molecule has 23 heavy (non-hydrogen) atoms. The van der Waals surface area contributed by atoms with Gasteiger partial charge in [-0.3, -0.25) is 9.88 Å². The Balaban J connectivity index is 1.36. The molecule has 0 atom stereocenters. The Kier molecular flexibility index (Phi) is 5.86. The quantitative estimate of drug-likeness (QED) is 0.825. The summed E-state index contributed by atoms with van der Waals surface area (Å²) in [5.74, 6) is 0. The minimum absolute atomic E-state index is 0.809. The van der Waals surface area contributed by atoms with Gasteiger partial charge in [0.1, 0.15) is 0 Å². The Bertz CT molecular complexity index is 597. The molecule has 1 saturated heterocycles. The van der Waals surface area contributed by atoms with Crippen molar-refractivity contribution in [1.82, 2.24) is 15.2 Å². The highest BCUT2D eigenvalue weighted by Gasteiger charge is 2.16. The number of benzene rings is 1. The van der Waals surface area contributed by atoms with Crippen molar-refractivity contribution in [1.29, 1.82) is 0 Å². The van der Waals surface area contributed by atoms with E-state index in [-0.39, 0.29) is 0 Å². The fourth-order valence-corrected chi connectivity index (χ4v) is 3.04. The van der Waals surface area contributed by atoms with Crippen molar-refractivity contribution in [2.75, 3.05) is 44.2 Å². The van der Waals surface area contributed by atoms with E-state index in [2.05, 4.69) is 32.2 Å².